The summed E-state index contributed by atoms with van der Waals surface area (Å²) in [6.45, 7) is 4.20. The predicted octanol–water partition coefficient (Wildman–Crippen LogP) is 2.42. The van der Waals surface area contributed by atoms with E-state index in [1.165, 1.54) is 20.8 Å². The van der Waals surface area contributed by atoms with Gasteiger partial charge in [0.15, 0.2) is 5.41 Å². The number of halogens is 3. The molecule has 0 saturated heterocycles. The van der Waals surface area contributed by atoms with Crippen molar-refractivity contribution in [2.75, 3.05) is 0 Å². The fourth-order valence-electron chi connectivity index (χ4n) is 1.16. The van der Waals surface area contributed by atoms with Crippen LogP contribution in [0.25, 0.3) is 0 Å². The quantitative estimate of drug-likeness (QED) is 0.615. The van der Waals surface area contributed by atoms with Crippen molar-refractivity contribution in [2.45, 2.75) is 26.9 Å². The van der Waals surface area contributed by atoms with E-state index in [4.69, 9.17) is 12.8 Å². The van der Waals surface area contributed by atoms with Gasteiger partial charge in [0.2, 0.25) is 0 Å². The number of alkyl halides is 3. The van der Waals surface area contributed by atoms with Gasteiger partial charge in [-0.2, -0.15) is 13.2 Å². The number of terminal acetylenes is 2. The molecule has 0 spiro atoms. The zero-order valence-electron chi connectivity index (χ0n) is 8.70. The van der Waals surface area contributed by atoms with Crippen LogP contribution in [-0.4, -0.2) is 12.0 Å². The fraction of sp³-hybridized carbons (Fsp3) is 0.545. The van der Waals surface area contributed by atoms with Gasteiger partial charge >= 0.3 is 6.18 Å². The highest BCUT2D eigenvalue weighted by molar-refractivity contribution is 5.96. The van der Waals surface area contributed by atoms with E-state index in [9.17, 15) is 18.0 Å². The van der Waals surface area contributed by atoms with Crippen LogP contribution in [0.5, 0.6) is 0 Å². The van der Waals surface area contributed by atoms with E-state index in [-0.39, 0.29) is 0 Å². The molecule has 15 heavy (non-hydrogen) atoms. The predicted molar refractivity (Wildman–Crippen MR) is 50.6 cm³/mol. The van der Waals surface area contributed by atoms with Crippen LogP contribution in [0.2, 0.25) is 0 Å². The first kappa shape index (κ1) is 13.6. The lowest BCUT2D eigenvalue weighted by atomic mass is 9.65. The number of carbonyl (C=O) groups is 1. The van der Waals surface area contributed by atoms with Gasteiger partial charge in [0.05, 0.1) is 0 Å². The van der Waals surface area contributed by atoms with Crippen LogP contribution in [-0.2, 0) is 4.79 Å². The topological polar surface area (TPSA) is 17.1 Å². The lowest BCUT2D eigenvalue weighted by Crippen LogP contribution is -2.47. The number of hydrogen-bond donors (Lipinski definition) is 0. The van der Waals surface area contributed by atoms with Crippen LogP contribution >= 0.6 is 0 Å². The minimum atomic E-state index is -5.02. The van der Waals surface area contributed by atoms with Gasteiger partial charge in [0, 0.05) is 0 Å². The van der Waals surface area contributed by atoms with Crippen molar-refractivity contribution in [2.24, 2.45) is 10.8 Å². The Hall–Kier alpha value is -1.42. The summed E-state index contributed by atoms with van der Waals surface area (Å²) in [7, 11) is 0. The van der Waals surface area contributed by atoms with Crippen molar-refractivity contribution >= 4 is 5.78 Å². The van der Waals surface area contributed by atoms with Crippen molar-refractivity contribution < 1.29 is 18.0 Å². The Morgan fingerprint density at radius 3 is 1.47 bits per heavy atom. The normalized spacial score (nSPS) is 12.8. The molecule has 0 heterocycles. The van der Waals surface area contributed by atoms with E-state index in [1.807, 2.05) is 0 Å². The van der Waals surface area contributed by atoms with Crippen molar-refractivity contribution in [1.29, 1.82) is 0 Å². The molecule has 0 amide bonds. The molecule has 0 aromatic carbocycles. The third-order valence-electron chi connectivity index (χ3n) is 2.16. The highest BCUT2D eigenvalue weighted by atomic mass is 19.4. The summed E-state index contributed by atoms with van der Waals surface area (Å²) in [6, 6.07) is 0. The third kappa shape index (κ3) is 2.15. The number of hydrogen-bond acceptors (Lipinski definition) is 1. The summed E-state index contributed by atoms with van der Waals surface area (Å²) in [6.07, 6.45) is 4.96. The molecule has 0 fully saturated rings. The summed E-state index contributed by atoms with van der Waals surface area (Å²) < 4.78 is 36.9. The highest BCUT2D eigenvalue weighted by Crippen LogP contribution is 2.42. The molecule has 1 nitrogen and oxygen atoms in total. The Labute approximate surface area is 87.0 Å². The largest absolute Gasteiger partial charge is 0.452 e. The van der Waals surface area contributed by atoms with Crippen LogP contribution in [0.15, 0.2) is 0 Å². The number of carbonyl (C=O) groups excluding carboxylic acids is 1. The molecule has 0 aliphatic carbocycles. The Bertz CT molecular complexity index is 330. The van der Waals surface area contributed by atoms with Gasteiger partial charge in [0.25, 0.3) is 5.78 Å². The van der Waals surface area contributed by atoms with E-state index in [2.05, 4.69) is 0 Å². The van der Waals surface area contributed by atoms with Crippen molar-refractivity contribution in [3.05, 3.63) is 0 Å². The van der Waals surface area contributed by atoms with Crippen LogP contribution in [0.1, 0.15) is 20.8 Å². The Kier molecular flexibility index (Phi) is 3.28. The molecule has 4 heteroatoms. The molecule has 0 rings (SSSR count). The molecule has 0 bridgehead atoms. The second kappa shape index (κ2) is 3.62. The average Bonchev–Trinajstić information content (AvgIpc) is 2.03. The number of Topliss-reactive ketones (excluding diaryl/α,β-unsaturated/α-hetero) is 1. The Morgan fingerprint density at radius 2 is 1.40 bits per heavy atom. The average molecular weight is 216 g/mol. The van der Waals surface area contributed by atoms with E-state index < -0.39 is 22.8 Å². The summed E-state index contributed by atoms with van der Waals surface area (Å²) in [4.78, 5) is 11.2. The standard InChI is InChI=1S/C11H11F3O/c1-6-10(7-2,9(3,4)5)8(15)11(12,13)14/h1-2H,3-5H3. The van der Waals surface area contributed by atoms with Crippen molar-refractivity contribution in [1.82, 2.24) is 0 Å². The Morgan fingerprint density at radius 1 is 1.07 bits per heavy atom. The highest BCUT2D eigenvalue weighted by Gasteiger charge is 2.57. The molecular weight excluding hydrogens is 205 g/mol. The third-order valence-corrected chi connectivity index (χ3v) is 2.16. The van der Waals surface area contributed by atoms with Gasteiger partial charge < -0.3 is 0 Å². The first-order valence-electron chi connectivity index (χ1n) is 4.10. The lowest BCUT2D eigenvalue weighted by Gasteiger charge is -2.35. The maximum absolute atomic E-state index is 12.3. The van der Waals surface area contributed by atoms with Gasteiger partial charge in [-0.1, -0.05) is 32.6 Å². The minimum absolute atomic E-state index is 1.15. The first-order chi connectivity index (χ1) is 6.53. The van der Waals surface area contributed by atoms with Crippen LogP contribution in [0, 0.1) is 35.5 Å². The molecule has 0 N–H and O–H groups in total. The lowest BCUT2D eigenvalue weighted by molar-refractivity contribution is -0.180. The zero-order chi connectivity index (χ0) is 12.5. The number of ketones is 1. The summed E-state index contributed by atoms with van der Waals surface area (Å²) in [5.74, 6) is 1.55. The van der Waals surface area contributed by atoms with E-state index in [1.54, 1.807) is 11.8 Å². The van der Waals surface area contributed by atoms with E-state index in [0.29, 0.717) is 0 Å². The molecule has 0 radical (unpaired) electrons. The fourth-order valence-corrected chi connectivity index (χ4v) is 1.16. The second-order valence-electron chi connectivity index (χ2n) is 4.12. The van der Waals surface area contributed by atoms with E-state index >= 15 is 0 Å². The maximum Gasteiger partial charge on any atom is 0.452 e. The number of rotatable bonds is 1. The smallest absolute Gasteiger partial charge is 0.287 e. The van der Waals surface area contributed by atoms with Gasteiger partial charge in [-0.05, 0) is 5.41 Å². The second-order valence-corrected chi connectivity index (χ2v) is 4.12. The van der Waals surface area contributed by atoms with Gasteiger partial charge in [-0.15, -0.1) is 12.8 Å². The minimum Gasteiger partial charge on any atom is -0.287 e. The molecular formula is C11H11F3O. The maximum atomic E-state index is 12.3. The molecule has 0 aliphatic rings. The molecule has 0 aliphatic heterocycles. The summed E-state index contributed by atoms with van der Waals surface area (Å²) in [5.41, 5.74) is -3.39. The first-order valence-corrected chi connectivity index (χ1v) is 4.10. The van der Waals surface area contributed by atoms with E-state index in [0.717, 1.165) is 0 Å². The molecule has 0 saturated carbocycles. The molecule has 0 aromatic rings. The zero-order valence-corrected chi connectivity index (χ0v) is 8.70. The SMILES string of the molecule is C#CC(C#C)(C(=O)C(F)(F)F)C(C)(C)C. The van der Waals surface area contributed by atoms with Crippen molar-refractivity contribution in [3.8, 4) is 24.7 Å². The summed E-state index contributed by atoms with van der Waals surface area (Å²) in [5, 5.41) is 0. The Balaban J connectivity index is 5.69. The molecule has 0 aromatic heterocycles. The summed E-state index contributed by atoms with van der Waals surface area (Å²) >= 11 is 0. The van der Waals surface area contributed by atoms with Gasteiger partial charge in [-0.3, -0.25) is 4.79 Å². The molecule has 82 valence electrons. The van der Waals surface area contributed by atoms with Crippen LogP contribution in [0.3, 0.4) is 0 Å². The van der Waals surface area contributed by atoms with Crippen LogP contribution in [0.4, 0.5) is 13.2 Å². The molecule has 0 atom stereocenters. The monoisotopic (exact) mass is 216 g/mol. The van der Waals surface area contributed by atoms with Gasteiger partial charge in [-0.25, -0.2) is 0 Å². The van der Waals surface area contributed by atoms with Crippen LogP contribution < -0.4 is 0 Å². The van der Waals surface area contributed by atoms with Gasteiger partial charge in [0.1, 0.15) is 0 Å². The van der Waals surface area contributed by atoms with Crippen molar-refractivity contribution in [3.63, 3.8) is 0 Å². The molecule has 0 unspecified atom stereocenters.